The van der Waals surface area contributed by atoms with Crippen molar-refractivity contribution in [3.8, 4) is 5.69 Å². The van der Waals surface area contributed by atoms with Crippen molar-refractivity contribution in [1.29, 1.82) is 0 Å². The first-order valence-electron chi connectivity index (χ1n) is 7.51. The van der Waals surface area contributed by atoms with Crippen molar-refractivity contribution in [2.45, 2.75) is 13.8 Å². The predicted octanol–water partition coefficient (Wildman–Crippen LogP) is 3.21. The van der Waals surface area contributed by atoms with Crippen molar-refractivity contribution < 1.29 is 19.4 Å². The SMILES string of the molecule is CCOC(=O)c1cc(C)nn1-c1cc2ccccc2cc1C(=O)O. The predicted molar refractivity (Wildman–Crippen MR) is 88.7 cm³/mol. The molecule has 3 aromatic rings. The largest absolute Gasteiger partial charge is 0.478 e. The van der Waals surface area contributed by atoms with Crippen LogP contribution in [0, 0.1) is 6.92 Å². The van der Waals surface area contributed by atoms with Gasteiger partial charge in [0.05, 0.1) is 23.6 Å². The van der Waals surface area contributed by atoms with Crippen LogP contribution in [0.2, 0.25) is 0 Å². The lowest BCUT2D eigenvalue weighted by atomic mass is 10.0. The number of carboxylic acid groups (broad SMARTS) is 1. The minimum atomic E-state index is -1.08. The van der Waals surface area contributed by atoms with Crippen LogP contribution >= 0.6 is 0 Å². The van der Waals surface area contributed by atoms with Crippen LogP contribution in [-0.2, 0) is 4.74 Å². The van der Waals surface area contributed by atoms with E-state index in [1.165, 1.54) is 4.68 Å². The number of carboxylic acids is 1. The molecule has 1 N–H and O–H groups in total. The van der Waals surface area contributed by atoms with E-state index in [1.54, 1.807) is 32.0 Å². The summed E-state index contributed by atoms with van der Waals surface area (Å²) in [7, 11) is 0. The molecule has 0 radical (unpaired) electrons. The smallest absolute Gasteiger partial charge is 0.357 e. The highest BCUT2D eigenvalue weighted by Crippen LogP contribution is 2.25. The van der Waals surface area contributed by atoms with Crippen LogP contribution in [0.3, 0.4) is 0 Å². The molecule has 0 amide bonds. The van der Waals surface area contributed by atoms with Gasteiger partial charge in [-0.05, 0) is 42.8 Å². The maximum Gasteiger partial charge on any atom is 0.357 e. The molecular weight excluding hydrogens is 308 g/mol. The number of fused-ring (bicyclic) bond motifs is 1. The molecule has 24 heavy (non-hydrogen) atoms. The lowest BCUT2D eigenvalue weighted by Crippen LogP contribution is -2.14. The number of aryl methyl sites for hydroxylation is 1. The van der Waals surface area contributed by atoms with E-state index in [1.807, 2.05) is 24.3 Å². The maximum atomic E-state index is 12.2. The number of hydrogen-bond donors (Lipinski definition) is 1. The molecule has 0 spiro atoms. The van der Waals surface area contributed by atoms with Crippen LogP contribution in [0.5, 0.6) is 0 Å². The second kappa shape index (κ2) is 6.16. The van der Waals surface area contributed by atoms with Gasteiger partial charge in [-0.1, -0.05) is 24.3 Å². The molecule has 1 aromatic heterocycles. The van der Waals surface area contributed by atoms with Gasteiger partial charge in [0, 0.05) is 0 Å². The zero-order chi connectivity index (χ0) is 17.3. The maximum absolute atomic E-state index is 12.2. The summed E-state index contributed by atoms with van der Waals surface area (Å²) < 4.78 is 6.38. The number of nitrogens with zero attached hydrogens (tertiary/aromatic N) is 2. The van der Waals surface area contributed by atoms with Crippen LogP contribution in [-0.4, -0.2) is 33.4 Å². The van der Waals surface area contributed by atoms with E-state index in [2.05, 4.69) is 5.10 Å². The Hall–Kier alpha value is -3.15. The minimum absolute atomic E-state index is 0.0716. The summed E-state index contributed by atoms with van der Waals surface area (Å²) in [5.74, 6) is -1.62. The number of benzene rings is 2. The molecule has 0 fully saturated rings. The van der Waals surface area contributed by atoms with Gasteiger partial charge in [-0.2, -0.15) is 5.10 Å². The number of aromatic nitrogens is 2. The summed E-state index contributed by atoms with van der Waals surface area (Å²) >= 11 is 0. The van der Waals surface area contributed by atoms with Gasteiger partial charge in [-0.15, -0.1) is 0 Å². The summed E-state index contributed by atoms with van der Waals surface area (Å²) in [5.41, 5.74) is 1.20. The molecular formula is C18H16N2O4. The molecule has 1 heterocycles. The van der Waals surface area contributed by atoms with E-state index in [0.29, 0.717) is 11.4 Å². The van der Waals surface area contributed by atoms with E-state index in [4.69, 9.17) is 4.74 Å². The number of carbonyl (C=O) groups is 2. The molecule has 0 unspecified atom stereocenters. The van der Waals surface area contributed by atoms with Gasteiger partial charge in [0.2, 0.25) is 0 Å². The van der Waals surface area contributed by atoms with Crippen molar-refractivity contribution in [2.24, 2.45) is 0 Å². The minimum Gasteiger partial charge on any atom is -0.478 e. The second-order valence-corrected chi connectivity index (χ2v) is 5.32. The van der Waals surface area contributed by atoms with Crippen LogP contribution in [0.1, 0.15) is 33.5 Å². The first-order valence-corrected chi connectivity index (χ1v) is 7.51. The first-order chi connectivity index (χ1) is 11.5. The Morgan fingerprint density at radius 2 is 1.83 bits per heavy atom. The molecule has 0 aliphatic heterocycles. The van der Waals surface area contributed by atoms with E-state index in [0.717, 1.165) is 10.8 Å². The molecule has 0 aliphatic rings. The van der Waals surface area contributed by atoms with Gasteiger partial charge in [0.1, 0.15) is 0 Å². The molecule has 0 atom stereocenters. The van der Waals surface area contributed by atoms with Crippen LogP contribution in [0.15, 0.2) is 42.5 Å². The molecule has 3 rings (SSSR count). The Labute approximate surface area is 138 Å². The fourth-order valence-electron chi connectivity index (χ4n) is 2.61. The van der Waals surface area contributed by atoms with Crippen LogP contribution in [0.4, 0.5) is 0 Å². The number of hydrogen-bond acceptors (Lipinski definition) is 4. The summed E-state index contributed by atoms with van der Waals surface area (Å²) in [6.45, 7) is 3.68. The summed E-state index contributed by atoms with van der Waals surface area (Å²) in [6, 6.07) is 12.3. The topological polar surface area (TPSA) is 81.4 Å². The van der Waals surface area contributed by atoms with Crippen LogP contribution < -0.4 is 0 Å². The zero-order valence-electron chi connectivity index (χ0n) is 13.3. The molecule has 6 heteroatoms. The Bertz CT molecular complexity index is 943. The van der Waals surface area contributed by atoms with E-state index < -0.39 is 11.9 Å². The number of aromatic carboxylic acids is 1. The highest BCUT2D eigenvalue weighted by molar-refractivity contribution is 5.99. The third-order valence-corrected chi connectivity index (χ3v) is 3.64. The molecule has 122 valence electrons. The van der Waals surface area contributed by atoms with Gasteiger partial charge in [-0.25, -0.2) is 14.3 Å². The third-order valence-electron chi connectivity index (χ3n) is 3.64. The van der Waals surface area contributed by atoms with E-state index >= 15 is 0 Å². The van der Waals surface area contributed by atoms with Gasteiger partial charge in [0.15, 0.2) is 5.69 Å². The Balaban J connectivity index is 2.27. The van der Waals surface area contributed by atoms with Crippen molar-refractivity contribution in [3.63, 3.8) is 0 Å². The average Bonchev–Trinajstić information content (AvgIpc) is 2.95. The van der Waals surface area contributed by atoms with Gasteiger partial charge in [0.25, 0.3) is 0 Å². The Kier molecular flexibility index (Phi) is 4.04. The number of ether oxygens (including phenoxy) is 1. The fourth-order valence-corrected chi connectivity index (χ4v) is 2.61. The van der Waals surface area contributed by atoms with Gasteiger partial charge < -0.3 is 9.84 Å². The molecule has 0 saturated carbocycles. The lowest BCUT2D eigenvalue weighted by molar-refractivity contribution is 0.0514. The van der Waals surface area contributed by atoms with E-state index in [-0.39, 0.29) is 17.9 Å². The fraction of sp³-hybridized carbons (Fsp3) is 0.167. The quantitative estimate of drug-likeness (QED) is 0.745. The van der Waals surface area contributed by atoms with Crippen molar-refractivity contribution in [3.05, 3.63) is 59.4 Å². The number of esters is 1. The van der Waals surface area contributed by atoms with Crippen LogP contribution in [0.25, 0.3) is 16.5 Å². The van der Waals surface area contributed by atoms with Gasteiger partial charge in [-0.3, -0.25) is 0 Å². The molecule has 2 aromatic carbocycles. The summed E-state index contributed by atoms with van der Waals surface area (Å²) in [5, 5.41) is 15.5. The third kappa shape index (κ3) is 2.74. The number of rotatable bonds is 4. The van der Waals surface area contributed by atoms with E-state index in [9.17, 15) is 14.7 Å². The normalized spacial score (nSPS) is 10.8. The molecule has 6 nitrogen and oxygen atoms in total. The van der Waals surface area contributed by atoms with Crippen molar-refractivity contribution in [1.82, 2.24) is 9.78 Å². The molecule has 0 bridgehead atoms. The first kappa shape index (κ1) is 15.7. The Morgan fingerprint density at radius 1 is 1.17 bits per heavy atom. The summed E-state index contributed by atoms with van der Waals surface area (Å²) in [6.07, 6.45) is 0. The van der Waals surface area contributed by atoms with Crippen molar-refractivity contribution in [2.75, 3.05) is 6.61 Å². The monoisotopic (exact) mass is 324 g/mol. The highest BCUT2D eigenvalue weighted by atomic mass is 16.5. The van der Waals surface area contributed by atoms with Gasteiger partial charge >= 0.3 is 11.9 Å². The Morgan fingerprint density at radius 3 is 2.46 bits per heavy atom. The highest BCUT2D eigenvalue weighted by Gasteiger charge is 2.21. The van der Waals surface area contributed by atoms with Crippen molar-refractivity contribution >= 4 is 22.7 Å². The standard InChI is InChI=1S/C18H16N2O4/c1-3-24-18(23)16-8-11(2)19-20(16)15-10-13-7-5-4-6-12(13)9-14(15)17(21)22/h4-10H,3H2,1-2H3,(H,21,22). The summed E-state index contributed by atoms with van der Waals surface area (Å²) in [4.78, 5) is 23.9. The average molecular weight is 324 g/mol. The second-order valence-electron chi connectivity index (χ2n) is 5.32. The lowest BCUT2D eigenvalue weighted by Gasteiger charge is -2.11. The zero-order valence-corrected chi connectivity index (χ0v) is 13.3. The molecule has 0 saturated heterocycles. The number of carbonyl (C=O) groups excluding carboxylic acids is 1. The molecule has 0 aliphatic carbocycles.